The summed E-state index contributed by atoms with van der Waals surface area (Å²) in [5, 5.41) is 4.19. The highest BCUT2D eigenvalue weighted by Gasteiger charge is 2.19. The lowest BCUT2D eigenvalue weighted by molar-refractivity contribution is 0.578. The van der Waals surface area contributed by atoms with Crippen LogP contribution in [0, 0.1) is 0 Å². The molecule has 1 aliphatic heterocycles. The van der Waals surface area contributed by atoms with E-state index in [0.29, 0.717) is 0 Å². The van der Waals surface area contributed by atoms with E-state index >= 15 is 0 Å². The summed E-state index contributed by atoms with van der Waals surface area (Å²) in [6.45, 7) is 1.00. The van der Waals surface area contributed by atoms with Gasteiger partial charge in [-0.3, -0.25) is 0 Å². The van der Waals surface area contributed by atoms with Crippen LogP contribution in [0.15, 0.2) is 24.1 Å². The molecule has 2 heterocycles. The fourth-order valence-electron chi connectivity index (χ4n) is 2.08. The summed E-state index contributed by atoms with van der Waals surface area (Å²) >= 11 is 0. The molecule has 0 fully saturated rings. The molecular formula is C10H11N3. The molecule has 0 amide bonds. The van der Waals surface area contributed by atoms with E-state index in [2.05, 4.69) is 22.2 Å². The molecule has 1 aliphatic carbocycles. The van der Waals surface area contributed by atoms with Crippen molar-refractivity contribution in [1.29, 1.82) is 0 Å². The van der Waals surface area contributed by atoms with Gasteiger partial charge in [-0.25, -0.2) is 9.67 Å². The Kier molecular flexibility index (Phi) is 1.39. The van der Waals surface area contributed by atoms with Gasteiger partial charge in [0.25, 0.3) is 0 Å². The van der Waals surface area contributed by atoms with Gasteiger partial charge in [-0.05, 0) is 19.3 Å². The summed E-state index contributed by atoms with van der Waals surface area (Å²) in [6, 6.07) is 0. The van der Waals surface area contributed by atoms with Gasteiger partial charge in [-0.2, -0.15) is 5.10 Å². The lowest BCUT2D eigenvalue weighted by Crippen LogP contribution is -2.13. The van der Waals surface area contributed by atoms with E-state index < -0.39 is 0 Å². The van der Waals surface area contributed by atoms with Gasteiger partial charge in [0, 0.05) is 12.1 Å². The molecule has 0 unspecified atom stereocenters. The molecule has 1 aromatic heterocycles. The number of hydrogen-bond donors (Lipinski definition) is 0. The average Bonchev–Trinajstić information content (AvgIpc) is 2.65. The maximum atomic E-state index is 4.28. The van der Waals surface area contributed by atoms with Crippen LogP contribution in [0.1, 0.15) is 25.1 Å². The summed E-state index contributed by atoms with van der Waals surface area (Å²) < 4.78 is 1.99. The number of rotatable bonds is 0. The van der Waals surface area contributed by atoms with Gasteiger partial charge in [0.05, 0.1) is 0 Å². The van der Waals surface area contributed by atoms with E-state index in [1.165, 1.54) is 18.4 Å². The third-order valence-electron chi connectivity index (χ3n) is 2.76. The second kappa shape index (κ2) is 2.55. The van der Waals surface area contributed by atoms with E-state index in [1.54, 1.807) is 11.9 Å². The van der Waals surface area contributed by atoms with Crippen molar-refractivity contribution in [3.05, 3.63) is 29.9 Å². The molecular weight excluding hydrogens is 162 g/mol. The lowest BCUT2D eigenvalue weighted by Gasteiger charge is -2.20. The van der Waals surface area contributed by atoms with Crippen LogP contribution in [0.4, 0.5) is 0 Å². The standard InChI is InChI=1S/C10H11N3/c1-2-4-9-8(3-1)5-6-13-10(9)11-7-12-13/h2,4,7H,1,3,5-6H2. The van der Waals surface area contributed by atoms with Crippen molar-refractivity contribution < 1.29 is 0 Å². The number of aryl methyl sites for hydroxylation is 1. The SMILES string of the molecule is C1=CC2=C(CC1)CCn1ncnc12. The molecule has 0 saturated carbocycles. The Morgan fingerprint density at radius 3 is 3.31 bits per heavy atom. The number of nitrogens with zero attached hydrogens (tertiary/aromatic N) is 3. The highest BCUT2D eigenvalue weighted by atomic mass is 15.3. The van der Waals surface area contributed by atoms with Gasteiger partial charge in [0.1, 0.15) is 6.33 Å². The lowest BCUT2D eigenvalue weighted by atomic mass is 9.92. The van der Waals surface area contributed by atoms with Crippen LogP contribution in [0.2, 0.25) is 0 Å². The van der Waals surface area contributed by atoms with Gasteiger partial charge < -0.3 is 0 Å². The van der Waals surface area contributed by atoms with Gasteiger partial charge in [-0.1, -0.05) is 17.7 Å². The Labute approximate surface area is 76.8 Å². The fraction of sp³-hybridized carbons (Fsp3) is 0.400. The normalized spacial score (nSPS) is 20.0. The molecule has 1 aromatic rings. The second-order valence-electron chi connectivity index (χ2n) is 3.52. The van der Waals surface area contributed by atoms with Crippen molar-refractivity contribution in [3.63, 3.8) is 0 Å². The van der Waals surface area contributed by atoms with E-state index in [-0.39, 0.29) is 0 Å². The largest absolute Gasteiger partial charge is 0.246 e. The van der Waals surface area contributed by atoms with Crippen LogP contribution in [-0.2, 0) is 6.54 Å². The molecule has 3 nitrogen and oxygen atoms in total. The molecule has 13 heavy (non-hydrogen) atoms. The van der Waals surface area contributed by atoms with Crippen molar-refractivity contribution in [2.75, 3.05) is 0 Å². The van der Waals surface area contributed by atoms with E-state index in [1.807, 2.05) is 4.68 Å². The fourth-order valence-corrected chi connectivity index (χ4v) is 2.08. The van der Waals surface area contributed by atoms with Crippen molar-refractivity contribution in [2.24, 2.45) is 0 Å². The Morgan fingerprint density at radius 2 is 2.31 bits per heavy atom. The highest BCUT2D eigenvalue weighted by molar-refractivity contribution is 5.74. The smallest absolute Gasteiger partial charge is 0.157 e. The van der Waals surface area contributed by atoms with Crippen molar-refractivity contribution in [1.82, 2.24) is 14.8 Å². The van der Waals surface area contributed by atoms with Crippen molar-refractivity contribution in [2.45, 2.75) is 25.8 Å². The molecule has 0 atom stereocenters. The van der Waals surface area contributed by atoms with Crippen molar-refractivity contribution in [3.8, 4) is 0 Å². The summed E-state index contributed by atoms with van der Waals surface area (Å²) in [5.74, 6) is 1.05. The maximum absolute atomic E-state index is 4.28. The average molecular weight is 173 g/mol. The van der Waals surface area contributed by atoms with E-state index in [0.717, 1.165) is 18.8 Å². The molecule has 0 radical (unpaired) electrons. The predicted octanol–water partition coefficient (Wildman–Crippen LogP) is 1.79. The zero-order valence-corrected chi connectivity index (χ0v) is 7.40. The van der Waals surface area contributed by atoms with Gasteiger partial charge in [-0.15, -0.1) is 0 Å². The maximum Gasteiger partial charge on any atom is 0.157 e. The predicted molar refractivity (Wildman–Crippen MR) is 49.9 cm³/mol. The molecule has 0 saturated heterocycles. The monoisotopic (exact) mass is 173 g/mol. The molecule has 66 valence electrons. The number of fused-ring (bicyclic) bond motifs is 2. The quantitative estimate of drug-likeness (QED) is 0.598. The van der Waals surface area contributed by atoms with Crippen LogP contribution in [0.5, 0.6) is 0 Å². The molecule has 2 aliphatic rings. The molecule has 0 bridgehead atoms. The van der Waals surface area contributed by atoms with Gasteiger partial charge in [0.15, 0.2) is 5.82 Å². The minimum atomic E-state index is 1.00. The minimum absolute atomic E-state index is 1.00. The Bertz CT molecular complexity index is 398. The zero-order chi connectivity index (χ0) is 8.67. The molecule has 3 rings (SSSR count). The van der Waals surface area contributed by atoms with E-state index in [9.17, 15) is 0 Å². The van der Waals surface area contributed by atoms with Gasteiger partial charge in [0.2, 0.25) is 0 Å². The van der Waals surface area contributed by atoms with Gasteiger partial charge >= 0.3 is 0 Å². The summed E-state index contributed by atoms with van der Waals surface area (Å²) in [7, 11) is 0. The third kappa shape index (κ3) is 0.963. The first-order chi connectivity index (χ1) is 6.45. The topological polar surface area (TPSA) is 30.7 Å². The van der Waals surface area contributed by atoms with Crippen LogP contribution in [0.3, 0.4) is 0 Å². The molecule has 3 heteroatoms. The van der Waals surface area contributed by atoms with Crippen LogP contribution >= 0.6 is 0 Å². The van der Waals surface area contributed by atoms with Crippen LogP contribution in [0.25, 0.3) is 5.57 Å². The zero-order valence-electron chi connectivity index (χ0n) is 7.40. The number of aromatic nitrogens is 3. The first kappa shape index (κ1) is 7.06. The second-order valence-corrected chi connectivity index (χ2v) is 3.52. The summed E-state index contributed by atoms with van der Waals surface area (Å²) in [4.78, 5) is 4.28. The molecule has 0 spiro atoms. The number of hydrogen-bond acceptors (Lipinski definition) is 2. The van der Waals surface area contributed by atoms with Crippen LogP contribution < -0.4 is 0 Å². The summed E-state index contributed by atoms with van der Waals surface area (Å²) in [6.07, 6.45) is 9.61. The summed E-state index contributed by atoms with van der Waals surface area (Å²) in [5.41, 5.74) is 2.87. The Morgan fingerprint density at radius 1 is 1.31 bits per heavy atom. The van der Waals surface area contributed by atoms with Crippen molar-refractivity contribution >= 4 is 5.57 Å². The first-order valence-electron chi connectivity index (χ1n) is 4.72. The Hall–Kier alpha value is -1.38. The minimum Gasteiger partial charge on any atom is -0.246 e. The van der Waals surface area contributed by atoms with Crippen LogP contribution in [-0.4, -0.2) is 14.8 Å². The number of allylic oxidation sites excluding steroid dienone is 4. The third-order valence-corrected chi connectivity index (χ3v) is 2.76. The molecule has 0 aromatic carbocycles. The molecule has 0 N–H and O–H groups in total. The highest BCUT2D eigenvalue weighted by Crippen LogP contribution is 2.31. The Balaban J connectivity index is 2.18. The van der Waals surface area contributed by atoms with E-state index in [4.69, 9.17) is 0 Å². The first-order valence-corrected chi connectivity index (χ1v) is 4.72.